The summed E-state index contributed by atoms with van der Waals surface area (Å²) in [7, 11) is 0. The topological polar surface area (TPSA) is 113 Å². The minimum absolute atomic E-state index is 0.135. The molecule has 2 heterocycles. The first-order valence-electron chi connectivity index (χ1n) is 9.72. The maximum atomic E-state index is 12.8. The second-order valence-corrected chi connectivity index (χ2v) is 7.51. The Morgan fingerprint density at radius 1 is 1.14 bits per heavy atom. The highest BCUT2D eigenvalue weighted by Crippen LogP contribution is 2.35. The van der Waals surface area contributed by atoms with Crippen molar-refractivity contribution in [3.05, 3.63) is 28.3 Å². The molecular formula is C19H22N4O6. The lowest BCUT2D eigenvalue weighted by molar-refractivity contribution is -0.384. The van der Waals surface area contributed by atoms with Crippen LogP contribution in [0, 0.1) is 16.0 Å². The van der Waals surface area contributed by atoms with E-state index in [9.17, 15) is 24.5 Å². The number of non-ortho nitro benzene ring substituents is 1. The second-order valence-electron chi connectivity index (χ2n) is 7.51. The van der Waals surface area contributed by atoms with Gasteiger partial charge in [-0.3, -0.25) is 29.4 Å². The lowest BCUT2D eigenvalue weighted by Crippen LogP contribution is -2.55. The molecule has 3 aliphatic rings. The zero-order valence-electron chi connectivity index (χ0n) is 15.9. The minimum atomic E-state index is -0.558. The van der Waals surface area contributed by atoms with Crippen LogP contribution in [0.2, 0.25) is 0 Å². The van der Waals surface area contributed by atoms with Crippen LogP contribution in [0.5, 0.6) is 5.75 Å². The maximum absolute atomic E-state index is 12.8. The van der Waals surface area contributed by atoms with Crippen LogP contribution in [0.4, 0.5) is 11.4 Å². The summed E-state index contributed by atoms with van der Waals surface area (Å²) in [5.74, 6) is -0.0408. The van der Waals surface area contributed by atoms with E-state index in [0.29, 0.717) is 31.9 Å². The Bertz CT molecular complexity index is 860. The van der Waals surface area contributed by atoms with E-state index in [1.165, 1.54) is 23.1 Å². The first-order valence-corrected chi connectivity index (χ1v) is 9.72. The molecule has 3 amide bonds. The van der Waals surface area contributed by atoms with Crippen LogP contribution in [0.3, 0.4) is 0 Å². The number of benzene rings is 1. The van der Waals surface area contributed by atoms with Crippen molar-refractivity contribution in [2.75, 3.05) is 44.2 Å². The Balaban J connectivity index is 1.41. The fraction of sp³-hybridized carbons (Fsp3) is 0.526. The van der Waals surface area contributed by atoms with E-state index >= 15 is 0 Å². The van der Waals surface area contributed by atoms with Crippen LogP contribution in [-0.4, -0.2) is 71.8 Å². The zero-order valence-corrected chi connectivity index (χ0v) is 15.9. The van der Waals surface area contributed by atoms with Gasteiger partial charge >= 0.3 is 0 Å². The number of nitro benzene ring substituents is 1. The van der Waals surface area contributed by atoms with Crippen LogP contribution in [0.15, 0.2) is 18.2 Å². The number of anilines is 1. The number of carbonyl (C=O) groups excluding carboxylic acids is 3. The van der Waals surface area contributed by atoms with Crippen molar-refractivity contribution in [2.24, 2.45) is 5.92 Å². The number of nitro groups is 1. The third-order valence-electron chi connectivity index (χ3n) is 5.79. The number of fused-ring (bicyclic) bond motifs is 1. The number of hydrogen-bond donors (Lipinski definition) is 0. The fourth-order valence-electron chi connectivity index (χ4n) is 3.80. The molecule has 2 aliphatic heterocycles. The zero-order chi connectivity index (χ0) is 20.5. The Labute approximate surface area is 167 Å². The maximum Gasteiger partial charge on any atom is 0.271 e. The summed E-state index contributed by atoms with van der Waals surface area (Å²) in [5.41, 5.74) is 0.0465. The predicted molar refractivity (Wildman–Crippen MR) is 101 cm³/mol. The van der Waals surface area contributed by atoms with E-state index < -0.39 is 10.8 Å². The van der Waals surface area contributed by atoms with Gasteiger partial charge in [0.15, 0.2) is 6.61 Å². The van der Waals surface area contributed by atoms with Crippen molar-refractivity contribution in [2.45, 2.75) is 19.3 Å². The van der Waals surface area contributed by atoms with Crippen molar-refractivity contribution in [1.29, 1.82) is 0 Å². The van der Waals surface area contributed by atoms with E-state index in [-0.39, 0.29) is 42.3 Å². The molecule has 1 aromatic rings. The lowest BCUT2D eigenvalue weighted by atomic mass is 9.84. The molecule has 1 aliphatic carbocycles. The summed E-state index contributed by atoms with van der Waals surface area (Å²) in [6.07, 6.45) is 2.99. The van der Waals surface area contributed by atoms with Gasteiger partial charge in [0.1, 0.15) is 12.3 Å². The van der Waals surface area contributed by atoms with Crippen molar-refractivity contribution < 1.29 is 24.0 Å². The summed E-state index contributed by atoms with van der Waals surface area (Å²) in [5, 5.41) is 11.1. The van der Waals surface area contributed by atoms with E-state index in [1.807, 2.05) is 4.90 Å². The molecule has 4 rings (SSSR count). The van der Waals surface area contributed by atoms with Crippen LogP contribution >= 0.6 is 0 Å². The van der Waals surface area contributed by atoms with Gasteiger partial charge in [0, 0.05) is 44.2 Å². The molecule has 0 unspecified atom stereocenters. The molecule has 154 valence electrons. The van der Waals surface area contributed by atoms with Crippen LogP contribution in [0.1, 0.15) is 19.3 Å². The van der Waals surface area contributed by atoms with Gasteiger partial charge in [-0.25, -0.2) is 0 Å². The Kier molecular flexibility index (Phi) is 5.08. The van der Waals surface area contributed by atoms with Crippen molar-refractivity contribution in [3.63, 3.8) is 0 Å². The quantitative estimate of drug-likeness (QED) is 0.544. The number of nitrogens with zero attached hydrogens (tertiary/aromatic N) is 4. The van der Waals surface area contributed by atoms with Gasteiger partial charge in [-0.2, -0.15) is 0 Å². The number of hydrogen-bond acceptors (Lipinski definition) is 6. The largest absolute Gasteiger partial charge is 0.482 e. The summed E-state index contributed by atoms with van der Waals surface area (Å²) < 4.78 is 5.32. The summed E-state index contributed by atoms with van der Waals surface area (Å²) in [6.45, 7) is 1.37. The van der Waals surface area contributed by atoms with Crippen molar-refractivity contribution in [3.8, 4) is 5.75 Å². The van der Waals surface area contributed by atoms with Gasteiger partial charge in [-0.05, 0) is 18.9 Å². The van der Waals surface area contributed by atoms with Gasteiger partial charge in [0.25, 0.3) is 11.6 Å². The standard InChI is InChI=1S/C19H22N4O6/c24-17(20-6-8-21(9-7-20)19(26)13-2-1-3-13)11-22-15-10-14(23(27)28)4-5-16(15)29-12-18(22)25/h4-5,10,13H,1-3,6-9,11-12H2. The number of amides is 3. The molecule has 0 spiro atoms. The second kappa shape index (κ2) is 7.69. The van der Waals surface area contributed by atoms with E-state index in [0.717, 1.165) is 19.3 Å². The smallest absolute Gasteiger partial charge is 0.271 e. The average Bonchev–Trinajstić information content (AvgIpc) is 2.68. The first kappa shape index (κ1) is 19.2. The van der Waals surface area contributed by atoms with E-state index in [4.69, 9.17) is 4.74 Å². The van der Waals surface area contributed by atoms with Gasteiger partial charge in [0.05, 0.1) is 10.6 Å². The van der Waals surface area contributed by atoms with Crippen molar-refractivity contribution in [1.82, 2.24) is 9.80 Å². The van der Waals surface area contributed by atoms with Gasteiger partial charge < -0.3 is 14.5 Å². The third-order valence-corrected chi connectivity index (χ3v) is 5.79. The Hall–Kier alpha value is -3.17. The highest BCUT2D eigenvalue weighted by Gasteiger charge is 2.34. The molecule has 1 saturated carbocycles. The fourth-order valence-corrected chi connectivity index (χ4v) is 3.80. The molecule has 10 heteroatoms. The normalized spacial score (nSPS) is 19.3. The molecule has 1 saturated heterocycles. The molecular weight excluding hydrogens is 380 g/mol. The first-order chi connectivity index (χ1) is 13.9. The van der Waals surface area contributed by atoms with Crippen LogP contribution in [0.25, 0.3) is 0 Å². The van der Waals surface area contributed by atoms with Crippen LogP contribution in [-0.2, 0) is 14.4 Å². The lowest BCUT2D eigenvalue weighted by Gasteiger charge is -2.39. The molecule has 1 aromatic carbocycles. The number of ether oxygens (including phenoxy) is 1. The number of carbonyl (C=O) groups is 3. The summed E-state index contributed by atoms with van der Waals surface area (Å²) in [6, 6.07) is 3.98. The third kappa shape index (κ3) is 3.74. The number of rotatable bonds is 4. The van der Waals surface area contributed by atoms with Gasteiger partial charge in [-0.1, -0.05) is 6.42 Å². The molecule has 10 nitrogen and oxygen atoms in total. The number of piperazine rings is 1. The molecule has 29 heavy (non-hydrogen) atoms. The SMILES string of the molecule is O=C(CN1C(=O)COc2ccc([N+](=O)[O-])cc21)N1CCN(C(=O)C2CCC2)CC1. The summed E-state index contributed by atoms with van der Waals surface area (Å²) in [4.78, 5) is 52.6. The minimum Gasteiger partial charge on any atom is -0.482 e. The molecule has 0 radical (unpaired) electrons. The van der Waals surface area contributed by atoms with E-state index in [1.54, 1.807) is 4.90 Å². The Morgan fingerprint density at radius 3 is 2.45 bits per heavy atom. The van der Waals surface area contributed by atoms with Crippen LogP contribution < -0.4 is 9.64 Å². The molecule has 0 atom stereocenters. The van der Waals surface area contributed by atoms with Crippen molar-refractivity contribution >= 4 is 29.1 Å². The van der Waals surface area contributed by atoms with Gasteiger partial charge in [-0.15, -0.1) is 0 Å². The van der Waals surface area contributed by atoms with E-state index in [2.05, 4.69) is 0 Å². The molecule has 2 fully saturated rings. The molecule has 0 aromatic heterocycles. The van der Waals surface area contributed by atoms with Gasteiger partial charge in [0.2, 0.25) is 11.8 Å². The molecule has 0 N–H and O–H groups in total. The predicted octanol–water partition coefficient (Wildman–Crippen LogP) is 0.791. The Morgan fingerprint density at radius 2 is 1.83 bits per heavy atom. The summed E-state index contributed by atoms with van der Waals surface area (Å²) >= 11 is 0. The average molecular weight is 402 g/mol. The highest BCUT2D eigenvalue weighted by atomic mass is 16.6. The highest BCUT2D eigenvalue weighted by molar-refractivity contribution is 6.02. The molecule has 0 bridgehead atoms. The monoisotopic (exact) mass is 402 g/mol.